The maximum atomic E-state index is 9.49. The molecule has 0 N–H and O–H groups in total. The van der Waals surface area contributed by atoms with Crippen LogP contribution in [0.3, 0.4) is 0 Å². The quantitative estimate of drug-likeness (QED) is 0.236. The van der Waals surface area contributed by atoms with Gasteiger partial charge in [0.25, 0.3) is 0 Å². The van der Waals surface area contributed by atoms with Crippen LogP contribution in [0.1, 0.15) is 29.2 Å². The Morgan fingerprint density at radius 1 is 0.659 bits per heavy atom. The molecule has 0 bridgehead atoms. The number of nitrogens with zero attached hydrogens (tertiary/aromatic N) is 5. The van der Waals surface area contributed by atoms with E-state index in [1.54, 1.807) is 6.20 Å². The second-order valence-corrected chi connectivity index (χ2v) is 10.4. The molecule has 0 saturated heterocycles. The van der Waals surface area contributed by atoms with Crippen molar-refractivity contribution < 1.29 is 4.74 Å². The van der Waals surface area contributed by atoms with Crippen LogP contribution in [0.5, 0.6) is 11.5 Å². The van der Waals surface area contributed by atoms with Crippen molar-refractivity contribution in [3.63, 3.8) is 0 Å². The number of fused-ring (bicyclic) bond motifs is 5. The molecule has 1 unspecified atom stereocenters. The molecule has 2 aromatic heterocycles. The third-order valence-electron chi connectivity index (χ3n) is 8.06. The number of nitriles is 1. The molecule has 0 radical (unpaired) electrons. The van der Waals surface area contributed by atoms with Gasteiger partial charge >= 0.3 is 0 Å². The summed E-state index contributed by atoms with van der Waals surface area (Å²) in [6.45, 7) is 2.24. The standard InChI is InChI=1S/C35H21N5O/c1-35-26-16-14-23(33-38-32(22-8-3-2-4-9-22)39-34(40-33)28-11-5-6-17-37-28)19-25(26)24-10-7-12-29(31(24)35)41-30-18-21(20-36)13-15-27(30)35/h2-19H,1H3. The highest BCUT2D eigenvalue weighted by Gasteiger charge is 2.47. The Morgan fingerprint density at radius 2 is 1.44 bits per heavy atom. The first-order valence-electron chi connectivity index (χ1n) is 13.4. The van der Waals surface area contributed by atoms with E-state index < -0.39 is 5.41 Å². The number of benzene rings is 4. The highest BCUT2D eigenvalue weighted by molar-refractivity contribution is 5.89. The fourth-order valence-electron chi connectivity index (χ4n) is 6.15. The number of pyridine rings is 1. The van der Waals surface area contributed by atoms with Crippen molar-refractivity contribution in [2.24, 2.45) is 0 Å². The lowest BCUT2D eigenvalue weighted by Gasteiger charge is -2.35. The molecular weight excluding hydrogens is 506 g/mol. The van der Waals surface area contributed by atoms with E-state index in [0.29, 0.717) is 28.7 Å². The zero-order valence-corrected chi connectivity index (χ0v) is 22.0. The zero-order valence-electron chi connectivity index (χ0n) is 22.0. The van der Waals surface area contributed by atoms with Crippen LogP contribution in [0.2, 0.25) is 0 Å². The molecule has 1 atom stereocenters. The average molecular weight is 528 g/mol. The van der Waals surface area contributed by atoms with Gasteiger partial charge in [-0.3, -0.25) is 4.98 Å². The molecule has 4 aromatic carbocycles. The molecule has 6 heteroatoms. The van der Waals surface area contributed by atoms with Crippen LogP contribution in [0, 0.1) is 11.3 Å². The summed E-state index contributed by atoms with van der Waals surface area (Å²) in [6, 6.07) is 36.2. The summed E-state index contributed by atoms with van der Waals surface area (Å²) in [6.07, 6.45) is 1.74. The van der Waals surface area contributed by atoms with Gasteiger partial charge in [0.15, 0.2) is 17.5 Å². The summed E-state index contributed by atoms with van der Waals surface area (Å²) >= 11 is 0. The predicted molar refractivity (Wildman–Crippen MR) is 156 cm³/mol. The Labute approximate surface area is 236 Å². The van der Waals surface area contributed by atoms with Gasteiger partial charge in [-0.25, -0.2) is 15.0 Å². The van der Waals surface area contributed by atoms with E-state index in [2.05, 4.69) is 42.2 Å². The van der Waals surface area contributed by atoms with Crippen LogP contribution in [-0.4, -0.2) is 19.9 Å². The van der Waals surface area contributed by atoms with E-state index in [9.17, 15) is 5.26 Å². The first-order valence-corrected chi connectivity index (χ1v) is 13.4. The SMILES string of the molecule is CC12c3ccc(C#N)cc3Oc3cccc(c31)-c1cc(-c3nc(-c4ccccc4)nc(-c4ccccn4)n3)ccc12. The number of hydrogen-bond donors (Lipinski definition) is 0. The van der Waals surface area contributed by atoms with Gasteiger partial charge in [-0.1, -0.05) is 66.7 Å². The van der Waals surface area contributed by atoms with Crippen LogP contribution in [0.15, 0.2) is 109 Å². The van der Waals surface area contributed by atoms with E-state index in [4.69, 9.17) is 19.7 Å². The molecule has 6 nitrogen and oxygen atoms in total. The maximum absolute atomic E-state index is 9.49. The summed E-state index contributed by atoms with van der Waals surface area (Å²) in [7, 11) is 0. The van der Waals surface area contributed by atoms with Crippen molar-refractivity contribution in [1.29, 1.82) is 5.26 Å². The normalized spacial score (nSPS) is 15.7. The number of aromatic nitrogens is 4. The minimum Gasteiger partial charge on any atom is -0.457 e. The fourth-order valence-corrected chi connectivity index (χ4v) is 6.15. The predicted octanol–water partition coefficient (Wildman–Crippen LogP) is 7.58. The van der Waals surface area contributed by atoms with Gasteiger partial charge in [-0.05, 0) is 60.0 Å². The molecule has 0 saturated carbocycles. The van der Waals surface area contributed by atoms with Crippen LogP contribution in [0.25, 0.3) is 45.4 Å². The third kappa shape index (κ3) is 3.43. The lowest BCUT2D eigenvalue weighted by atomic mass is 9.72. The van der Waals surface area contributed by atoms with Crippen molar-refractivity contribution in [3.05, 3.63) is 132 Å². The van der Waals surface area contributed by atoms with Crippen LogP contribution in [-0.2, 0) is 5.41 Å². The van der Waals surface area contributed by atoms with Gasteiger partial charge in [0.2, 0.25) is 0 Å². The van der Waals surface area contributed by atoms with E-state index in [1.807, 2.05) is 78.9 Å². The van der Waals surface area contributed by atoms with Crippen molar-refractivity contribution in [3.8, 4) is 63.0 Å². The number of hydrogen-bond acceptors (Lipinski definition) is 6. The van der Waals surface area contributed by atoms with Crippen molar-refractivity contribution in [1.82, 2.24) is 19.9 Å². The second kappa shape index (κ2) is 8.67. The molecule has 0 fully saturated rings. The van der Waals surface area contributed by atoms with E-state index in [1.165, 1.54) is 5.56 Å². The molecule has 1 aliphatic heterocycles. The summed E-state index contributed by atoms with van der Waals surface area (Å²) in [5.74, 6) is 3.24. The average Bonchev–Trinajstić information content (AvgIpc) is 3.30. The van der Waals surface area contributed by atoms with Gasteiger partial charge in [-0.2, -0.15) is 5.26 Å². The number of rotatable bonds is 3. The topological polar surface area (TPSA) is 84.6 Å². The maximum Gasteiger partial charge on any atom is 0.182 e. The molecule has 0 amide bonds. The van der Waals surface area contributed by atoms with Crippen LogP contribution < -0.4 is 4.74 Å². The zero-order chi connectivity index (χ0) is 27.6. The smallest absolute Gasteiger partial charge is 0.182 e. The molecule has 6 aromatic rings. The Kier molecular flexibility index (Phi) is 4.91. The molecule has 192 valence electrons. The van der Waals surface area contributed by atoms with Crippen LogP contribution in [0.4, 0.5) is 0 Å². The Balaban J connectivity index is 1.33. The second-order valence-electron chi connectivity index (χ2n) is 10.4. The monoisotopic (exact) mass is 527 g/mol. The first-order chi connectivity index (χ1) is 20.1. The molecule has 2 aliphatic rings. The summed E-state index contributed by atoms with van der Waals surface area (Å²) < 4.78 is 6.36. The summed E-state index contributed by atoms with van der Waals surface area (Å²) in [5, 5.41) is 9.49. The molecule has 3 heterocycles. The molecule has 1 aliphatic carbocycles. The minimum absolute atomic E-state index is 0.422. The van der Waals surface area contributed by atoms with E-state index >= 15 is 0 Å². The third-order valence-corrected chi connectivity index (χ3v) is 8.06. The largest absolute Gasteiger partial charge is 0.457 e. The summed E-state index contributed by atoms with van der Waals surface area (Å²) in [5.41, 5.74) is 8.25. The van der Waals surface area contributed by atoms with Crippen molar-refractivity contribution >= 4 is 0 Å². The van der Waals surface area contributed by atoms with Gasteiger partial charge in [0.05, 0.1) is 17.0 Å². The first kappa shape index (κ1) is 23.2. The van der Waals surface area contributed by atoms with Gasteiger partial charge in [0.1, 0.15) is 17.2 Å². The Morgan fingerprint density at radius 3 is 2.24 bits per heavy atom. The molecular formula is C35H21N5O. The Bertz CT molecular complexity index is 1990. The lowest BCUT2D eigenvalue weighted by molar-refractivity contribution is 0.431. The minimum atomic E-state index is -0.422. The molecule has 0 spiro atoms. The van der Waals surface area contributed by atoms with Crippen molar-refractivity contribution in [2.75, 3.05) is 0 Å². The highest BCUT2D eigenvalue weighted by atomic mass is 16.5. The lowest BCUT2D eigenvalue weighted by Crippen LogP contribution is -2.26. The van der Waals surface area contributed by atoms with E-state index in [0.717, 1.165) is 44.9 Å². The fraction of sp³-hybridized carbons (Fsp3) is 0.0571. The van der Waals surface area contributed by atoms with Gasteiger partial charge in [0, 0.05) is 28.5 Å². The Hall–Kier alpha value is -5.67. The highest BCUT2D eigenvalue weighted by Crippen LogP contribution is 2.60. The van der Waals surface area contributed by atoms with Gasteiger partial charge in [-0.15, -0.1) is 0 Å². The molecule has 8 rings (SSSR count). The van der Waals surface area contributed by atoms with E-state index in [-0.39, 0.29) is 0 Å². The van der Waals surface area contributed by atoms with Crippen molar-refractivity contribution in [2.45, 2.75) is 12.3 Å². The van der Waals surface area contributed by atoms with Gasteiger partial charge < -0.3 is 4.74 Å². The summed E-state index contributed by atoms with van der Waals surface area (Å²) in [4.78, 5) is 19.1. The molecule has 41 heavy (non-hydrogen) atoms. The van der Waals surface area contributed by atoms with Crippen LogP contribution >= 0.6 is 0 Å². The number of ether oxygens (including phenoxy) is 1.